The summed E-state index contributed by atoms with van der Waals surface area (Å²) in [6, 6.07) is 5.46. The molecule has 1 saturated carbocycles. The Morgan fingerprint density at radius 3 is 2.68 bits per heavy atom. The molecule has 106 valence electrons. The molecule has 2 atom stereocenters. The Labute approximate surface area is 121 Å². The highest BCUT2D eigenvalue weighted by atomic mass is 32.1. The van der Waals surface area contributed by atoms with Crippen molar-refractivity contribution in [1.29, 1.82) is 0 Å². The van der Waals surface area contributed by atoms with Gasteiger partial charge in [0.2, 0.25) is 0 Å². The zero-order valence-electron chi connectivity index (χ0n) is 12.2. The highest BCUT2D eigenvalue weighted by molar-refractivity contribution is 7.11. The number of hydrogen-bond acceptors (Lipinski definition) is 3. The van der Waals surface area contributed by atoms with Gasteiger partial charge in [-0.2, -0.15) is 0 Å². The number of hydrogen-bond donors (Lipinski definition) is 1. The van der Waals surface area contributed by atoms with Crippen LogP contribution in [-0.2, 0) is 13.1 Å². The molecule has 0 spiro atoms. The first-order valence-corrected chi connectivity index (χ1v) is 8.55. The molecule has 1 N–H and O–H groups in total. The maximum atomic E-state index is 3.60. The van der Waals surface area contributed by atoms with E-state index in [9.17, 15) is 0 Å². The van der Waals surface area contributed by atoms with E-state index in [1.807, 2.05) is 11.3 Å². The van der Waals surface area contributed by atoms with Crippen LogP contribution >= 0.6 is 11.3 Å². The summed E-state index contributed by atoms with van der Waals surface area (Å²) in [6.07, 6.45) is 4.12. The largest absolute Gasteiger partial charge is 0.309 e. The summed E-state index contributed by atoms with van der Waals surface area (Å²) in [5, 5.41) is 3.60. The van der Waals surface area contributed by atoms with Gasteiger partial charge in [0.05, 0.1) is 0 Å². The van der Waals surface area contributed by atoms with Crippen LogP contribution in [0.5, 0.6) is 0 Å². The average Bonchev–Trinajstić information content (AvgIpc) is 3.12. The van der Waals surface area contributed by atoms with E-state index in [2.05, 4.69) is 36.2 Å². The van der Waals surface area contributed by atoms with Crippen LogP contribution in [0.2, 0.25) is 0 Å². The van der Waals surface area contributed by atoms with Crippen molar-refractivity contribution in [1.82, 2.24) is 10.2 Å². The Morgan fingerprint density at radius 2 is 1.95 bits per heavy atom. The lowest BCUT2D eigenvalue weighted by Gasteiger charge is -2.34. The fourth-order valence-corrected chi connectivity index (χ4v) is 3.86. The molecule has 0 bridgehead atoms. The number of thiophene rings is 1. The molecule has 19 heavy (non-hydrogen) atoms. The van der Waals surface area contributed by atoms with Crippen molar-refractivity contribution in [3.05, 3.63) is 21.9 Å². The fourth-order valence-electron chi connectivity index (χ4n) is 2.85. The second kappa shape index (κ2) is 5.94. The van der Waals surface area contributed by atoms with Crippen molar-refractivity contribution in [3.8, 4) is 0 Å². The lowest BCUT2D eigenvalue weighted by Crippen LogP contribution is -2.37. The highest BCUT2D eigenvalue weighted by Crippen LogP contribution is 2.26. The predicted octanol–water partition coefficient (Wildman–Crippen LogP) is 3.48. The van der Waals surface area contributed by atoms with E-state index in [1.165, 1.54) is 42.1 Å². The summed E-state index contributed by atoms with van der Waals surface area (Å²) in [5.74, 6) is 1.75. The minimum Gasteiger partial charge on any atom is -0.309 e. The van der Waals surface area contributed by atoms with Crippen LogP contribution in [0.15, 0.2) is 12.1 Å². The molecule has 2 fully saturated rings. The van der Waals surface area contributed by atoms with Gasteiger partial charge < -0.3 is 5.32 Å². The van der Waals surface area contributed by atoms with E-state index in [4.69, 9.17) is 0 Å². The van der Waals surface area contributed by atoms with Gasteiger partial charge in [-0.3, -0.25) is 4.90 Å². The summed E-state index contributed by atoms with van der Waals surface area (Å²) in [7, 11) is 0. The third kappa shape index (κ3) is 3.80. The maximum absolute atomic E-state index is 3.60. The van der Waals surface area contributed by atoms with Gasteiger partial charge in [-0.15, -0.1) is 11.3 Å². The van der Waals surface area contributed by atoms with Gasteiger partial charge in [0.1, 0.15) is 0 Å². The third-order valence-electron chi connectivity index (χ3n) is 4.66. The average molecular weight is 278 g/mol. The Morgan fingerprint density at radius 1 is 1.16 bits per heavy atom. The third-order valence-corrected chi connectivity index (χ3v) is 5.73. The molecule has 1 aromatic rings. The van der Waals surface area contributed by atoms with Crippen LogP contribution in [0.3, 0.4) is 0 Å². The van der Waals surface area contributed by atoms with Crippen molar-refractivity contribution < 1.29 is 0 Å². The van der Waals surface area contributed by atoms with Crippen LogP contribution < -0.4 is 5.32 Å². The molecule has 1 aliphatic carbocycles. The van der Waals surface area contributed by atoms with Gasteiger partial charge >= 0.3 is 0 Å². The Hall–Kier alpha value is -0.380. The molecule has 3 rings (SSSR count). The van der Waals surface area contributed by atoms with Gasteiger partial charge in [-0.25, -0.2) is 0 Å². The molecule has 1 aromatic heterocycles. The van der Waals surface area contributed by atoms with Crippen molar-refractivity contribution in [3.63, 3.8) is 0 Å². The first-order valence-electron chi connectivity index (χ1n) is 7.74. The van der Waals surface area contributed by atoms with Crippen LogP contribution in [0.4, 0.5) is 0 Å². The second-order valence-corrected chi connectivity index (χ2v) is 7.75. The van der Waals surface area contributed by atoms with E-state index in [-0.39, 0.29) is 0 Å². The van der Waals surface area contributed by atoms with Crippen molar-refractivity contribution in [2.24, 2.45) is 11.8 Å². The van der Waals surface area contributed by atoms with Gasteiger partial charge in [0.15, 0.2) is 0 Å². The quantitative estimate of drug-likeness (QED) is 0.887. The standard InChI is InChI=1S/C16H26N2S/c1-12-7-8-18(10-13(12)2)11-16-6-5-15(19-16)9-17-14-3-4-14/h5-6,12-14,17H,3-4,7-11H2,1-2H3. The van der Waals surface area contributed by atoms with E-state index in [1.54, 1.807) is 0 Å². The molecular weight excluding hydrogens is 252 g/mol. The summed E-state index contributed by atoms with van der Waals surface area (Å²) in [4.78, 5) is 5.67. The predicted molar refractivity (Wildman–Crippen MR) is 82.4 cm³/mol. The summed E-state index contributed by atoms with van der Waals surface area (Å²) in [6.45, 7) is 9.58. The van der Waals surface area contributed by atoms with E-state index < -0.39 is 0 Å². The molecule has 1 saturated heterocycles. The minimum atomic E-state index is 0.815. The molecule has 2 nitrogen and oxygen atoms in total. The summed E-state index contributed by atoms with van der Waals surface area (Å²) >= 11 is 1.99. The maximum Gasteiger partial charge on any atom is 0.0328 e. The minimum absolute atomic E-state index is 0.815. The summed E-state index contributed by atoms with van der Waals surface area (Å²) < 4.78 is 0. The Balaban J connectivity index is 1.48. The topological polar surface area (TPSA) is 15.3 Å². The van der Waals surface area contributed by atoms with Crippen LogP contribution in [0.1, 0.15) is 42.9 Å². The number of rotatable bonds is 5. The van der Waals surface area contributed by atoms with Crippen molar-refractivity contribution in [2.45, 2.75) is 52.2 Å². The van der Waals surface area contributed by atoms with E-state index >= 15 is 0 Å². The number of piperidine rings is 1. The molecule has 0 aromatic carbocycles. The molecule has 2 unspecified atom stereocenters. The highest BCUT2D eigenvalue weighted by Gasteiger charge is 2.23. The number of likely N-dealkylation sites (tertiary alicyclic amines) is 1. The van der Waals surface area contributed by atoms with E-state index in [0.29, 0.717) is 0 Å². The van der Waals surface area contributed by atoms with Crippen molar-refractivity contribution >= 4 is 11.3 Å². The normalized spacial score (nSPS) is 28.7. The molecular formula is C16H26N2S. The molecule has 3 heteroatoms. The van der Waals surface area contributed by atoms with Gasteiger partial charge in [-0.05, 0) is 49.8 Å². The first-order chi connectivity index (χ1) is 9.20. The fraction of sp³-hybridized carbons (Fsp3) is 0.750. The van der Waals surface area contributed by atoms with Crippen LogP contribution in [0.25, 0.3) is 0 Å². The molecule has 0 radical (unpaired) electrons. The van der Waals surface area contributed by atoms with Crippen LogP contribution in [0, 0.1) is 11.8 Å². The molecule has 1 aliphatic heterocycles. The number of nitrogens with one attached hydrogen (secondary N) is 1. The zero-order chi connectivity index (χ0) is 13.2. The second-order valence-electron chi connectivity index (χ2n) is 6.50. The number of nitrogens with zero attached hydrogens (tertiary/aromatic N) is 1. The van der Waals surface area contributed by atoms with Gasteiger partial charge in [0.25, 0.3) is 0 Å². The van der Waals surface area contributed by atoms with Gasteiger partial charge in [-0.1, -0.05) is 13.8 Å². The summed E-state index contributed by atoms with van der Waals surface area (Å²) in [5.41, 5.74) is 0. The lowest BCUT2D eigenvalue weighted by atomic mass is 9.89. The van der Waals surface area contributed by atoms with E-state index in [0.717, 1.165) is 31.0 Å². The molecule has 2 heterocycles. The SMILES string of the molecule is CC1CCN(Cc2ccc(CNC3CC3)s2)CC1C. The van der Waals surface area contributed by atoms with Crippen LogP contribution in [-0.4, -0.2) is 24.0 Å². The Bertz CT molecular complexity index is 411. The molecule has 2 aliphatic rings. The van der Waals surface area contributed by atoms with Gasteiger partial charge in [0, 0.05) is 35.4 Å². The smallest absolute Gasteiger partial charge is 0.0328 e. The zero-order valence-corrected chi connectivity index (χ0v) is 13.0. The first kappa shape index (κ1) is 13.6. The lowest BCUT2D eigenvalue weighted by molar-refractivity contribution is 0.133. The molecule has 0 amide bonds. The Kier molecular flexibility index (Phi) is 4.25. The monoisotopic (exact) mass is 278 g/mol. The van der Waals surface area contributed by atoms with Crippen molar-refractivity contribution in [2.75, 3.05) is 13.1 Å².